The molecule has 1 fully saturated rings. The molecule has 1 aromatic heterocycles. The molecule has 1 aliphatic rings. The molecule has 22 heavy (non-hydrogen) atoms. The summed E-state index contributed by atoms with van der Waals surface area (Å²) < 4.78 is 15.2. The van der Waals surface area contributed by atoms with E-state index in [0.29, 0.717) is 26.3 Å². The highest BCUT2D eigenvalue weighted by molar-refractivity contribution is 5.96. The number of methoxy groups -OCH3 is 2. The van der Waals surface area contributed by atoms with Crippen molar-refractivity contribution in [3.05, 3.63) is 27.9 Å². The van der Waals surface area contributed by atoms with Crippen molar-refractivity contribution >= 4 is 17.5 Å². The summed E-state index contributed by atoms with van der Waals surface area (Å²) in [6.07, 6.45) is 1.15. The maximum Gasteiger partial charge on any atom is 0.345 e. The van der Waals surface area contributed by atoms with Crippen molar-refractivity contribution in [1.82, 2.24) is 4.98 Å². The quantitative estimate of drug-likeness (QED) is 0.443. The normalized spacial score (nSPS) is 18.1. The fraction of sp³-hybridized carbons (Fsp3) is 0.538. The third kappa shape index (κ3) is 3.31. The Morgan fingerprint density at radius 3 is 3.00 bits per heavy atom. The van der Waals surface area contributed by atoms with Gasteiger partial charge in [-0.1, -0.05) is 0 Å². The molecule has 1 saturated heterocycles. The monoisotopic (exact) mass is 311 g/mol. The minimum Gasteiger partial charge on any atom is -0.465 e. The van der Waals surface area contributed by atoms with E-state index in [1.165, 1.54) is 19.4 Å². The molecule has 0 N–H and O–H groups in total. The first-order valence-corrected chi connectivity index (χ1v) is 6.65. The number of hydrogen-bond acceptors (Lipinski definition) is 8. The van der Waals surface area contributed by atoms with Gasteiger partial charge in [0, 0.05) is 26.4 Å². The number of nitrogens with zero attached hydrogens (tertiary/aromatic N) is 3. The highest BCUT2D eigenvalue weighted by atomic mass is 16.6. The van der Waals surface area contributed by atoms with E-state index in [0.717, 1.165) is 0 Å². The van der Waals surface area contributed by atoms with Gasteiger partial charge >= 0.3 is 11.7 Å². The van der Waals surface area contributed by atoms with E-state index < -0.39 is 10.9 Å². The van der Waals surface area contributed by atoms with E-state index in [4.69, 9.17) is 9.47 Å². The summed E-state index contributed by atoms with van der Waals surface area (Å²) in [5.41, 5.74) is -0.472. The number of anilines is 1. The zero-order valence-electron chi connectivity index (χ0n) is 12.4. The summed E-state index contributed by atoms with van der Waals surface area (Å²) in [5.74, 6) is -0.630. The topological polar surface area (TPSA) is 104 Å². The minimum atomic E-state index is -0.767. The molecule has 0 unspecified atom stereocenters. The molecule has 0 radical (unpaired) electrons. The Bertz CT molecular complexity index is 563. The number of pyridine rings is 1. The average Bonchev–Trinajstić information content (AvgIpc) is 2.54. The van der Waals surface area contributed by atoms with Gasteiger partial charge in [-0.25, -0.2) is 9.78 Å². The Labute approximate surface area is 126 Å². The first-order valence-electron chi connectivity index (χ1n) is 6.65. The molecule has 120 valence electrons. The molecule has 2 heterocycles. The molecule has 1 aliphatic heterocycles. The molecule has 0 amide bonds. The summed E-state index contributed by atoms with van der Waals surface area (Å²) in [4.78, 5) is 28.3. The number of aromatic nitrogens is 1. The molecule has 2 rings (SSSR count). The van der Waals surface area contributed by atoms with E-state index in [1.54, 1.807) is 12.0 Å². The molecule has 1 aromatic rings. The van der Waals surface area contributed by atoms with E-state index in [2.05, 4.69) is 9.72 Å². The van der Waals surface area contributed by atoms with Crippen LogP contribution in [-0.2, 0) is 14.2 Å². The lowest BCUT2D eigenvalue weighted by molar-refractivity contribution is -0.384. The first-order chi connectivity index (χ1) is 10.6. The Morgan fingerprint density at radius 2 is 2.36 bits per heavy atom. The lowest BCUT2D eigenvalue weighted by atomic mass is 10.2. The third-order valence-corrected chi connectivity index (χ3v) is 3.28. The average molecular weight is 311 g/mol. The maximum absolute atomic E-state index is 11.7. The van der Waals surface area contributed by atoms with Crippen molar-refractivity contribution in [3.63, 3.8) is 0 Å². The predicted molar refractivity (Wildman–Crippen MR) is 76.1 cm³/mol. The van der Waals surface area contributed by atoms with Gasteiger partial charge in [-0.3, -0.25) is 10.1 Å². The van der Waals surface area contributed by atoms with Gasteiger partial charge in [0.1, 0.15) is 5.56 Å². The molecule has 0 saturated carbocycles. The fourth-order valence-corrected chi connectivity index (χ4v) is 2.33. The van der Waals surface area contributed by atoms with Gasteiger partial charge in [-0.15, -0.1) is 0 Å². The Hall–Kier alpha value is -2.26. The van der Waals surface area contributed by atoms with Crippen LogP contribution in [0.2, 0.25) is 0 Å². The van der Waals surface area contributed by atoms with Crippen LogP contribution in [0.25, 0.3) is 0 Å². The lowest BCUT2D eigenvalue weighted by Gasteiger charge is -2.33. The molecule has 0 aromatic carbocycles. The Balaban J connectivity index is 2.37. The second-order valence-corrected chi connectivity index (χ2v) is 4.67. The Kier molecular flexibility index (Phi) is 5.23. The van der Waals surface area contributed by atoms with Crippen molar-refractivity contribution in [2.24, 2.45) is 0 Å². The van der Waals surface area contributed by atoms with Crippen LogP contribution in [0.4, 0.5) is 11.5 Å². The third-order valence-electron chi connectivity index (χ3n) is 3.28. The highest BCUT2D eigenvalue weighted by Crippen LogP contribution is 2.31. The molecule has 1 atom stereocenters. The van der Waals surface area contributed by atoms with Crippen LogP contribution >= 0.6 is 0 Å². The van der Waals surface area contributed by atoms with Crippen molar-refractivity contribution in [1.29, 1.82) is 0 Å². The number of rotatable bonds is 5. The molecular weight excluding hydrogens is 294 g/mol. The van der Waals surface area contributed by atoms with Crippen LogP contribution in [0.5, 0.6) is 0 Å². The number of esters is 1. The van der Waals surface area contributed by atoms with Crippen LogP contribution in [-0.4, -0.2) is 62.5 Å². The summed E-state index contributed by atoms with van der Waals surface area (Å²) >= 11 is 0. The number of ether oxygens (including phenoxy) is 3. The Morgan fingerprint density at radius 1 is 1.59 bits per heavy atom. The number of nitro groups is 1. The molecule has 0 bridgehead atoms. The van der Waals surface area contributed by atoms with Crippen LogP contribution in [0, 0.1) is 10.1 Å². The van der Waals surface area contributed by atoms with Crippen LogP contribution in [0.15, 0.2) is 12.3 Å². The number of hydrogen-bond donors (Lipinski definition) is 0. The first kappa shape index (κ1) is 16.1. The van der Waals surface area contributed by atoms with Gasteiger partial charge < -0.3 is 19.1 Å². The van der Waals surface area contributed by atoms with Gasteiger partial charge in [0.05, 0.1) is 31.4 Å². The van der Waals surface area contributed by atoms with Crippen molar-refractivity contribution in [3.8, 4) is 0 Å². The summed E-state index contributed by atoms with van der Waals surface area (Å²) in [7, 11) is 2.73. The zero-order chi connectivity index (χ0) is 16.1. The maximum atomic E-state index is 11.7. The molecule has 9 heteroatoms. The zero-order valence-corrected chi connectivity index (χ0v) is 12.4. The van der Waals surface area contributed by atoms with Crippen LogP contribution in [0.3, 0.4) is 0 Å². The molecule has 0 spiro atoms. The summed E-state index contributed by atoms with van der Waals surface area (Å²) in [6.45, 7) is 1.61. The molecule has 9 nitrogen and oxygen atoms in total. The van der Waals surface area contributed by atoms with Gasteiger partial charge in [0.2, 0.25) is 5.82 Å². The highest BCUT2D eigenvalue weighted by Gasteiger charge is 2.32. The summed E-state index contributed by atoms with van der Waals surface area (Å²) in [6, 6.07) is 1.28. The molecule has 0 aliphatic carbocycles. The SMILES string of the molecule is COC[C@@H]1CN(c2nccc(C(=O)OC)c2[N+](=O)[O-])CCO1. The second kappa shape index (κ2) is 7.14. The van der Waals surface area contributed by atoms with E-state index in [1.807, 2.05) is 0 Å². The van der Waals surface area contributed by atoms with Crippen molar-refractivity contribution in [2.45, 2.75) is 6.10 Å². The van der Waals surface area contributed by atoms with Crippen molar-refractivity contribution in [2.75, 3.05) is 45.4 Å². The van der Waals surface area contributed by atoms with Gasteiger partial charge in [0.25, 0.3) is 0 Å². The minimum absolute atomic E-state index is 0.118. The van der Waals surface area contributed by atoms with Crippen LogP contribution in [0.1, 0.15) is 10.4 Å². The van der Waals surface area contributed by atoms with Crippen LogP contribution < -0.4 is 4.90 Å². The van der Waals surface area contributed by atoms with Gasteiger partial charge in [-0.05, 0) is 6.07 Å². The number of carbonyl (C=O) groups excluding carboxylic acids is 1. The molecular formula is C13H17N3O6. The van der Waals surface area contributed by atoms with E-state index in [-0.39, 0.29) is 23.2 Å². The van der Waals surface area contributed by atoms with Gasteiger partial charge in [0.15, 0.2) is 0 Å². The lowest BCUT2D eigenvalue weighted by Crippen LogP contribution is -2.45. The van der Waals surface area contributed by atoms with Gasteiger partial charge in [-0.2, -0.15) is 0 Å². The smallest absolute Gasteiger partial charge is 0.345 e. The second-order valence-electron chi connectivity index (χ2n) is 4.67. The number of carbonyl (C=O) groups is 1. The fourth-order valence-electron chi connectivity index (χ4n) is 2.33. The number of morpholine rings is 1. The largest absolute Gasteiger partial charge is 0.465 e. The summed E-state index contributed by atoms with van der Waals surface area (Å²) in [5, 5.41) is 11.4. The predicted octanol–water partition coefficient (Wildman–Crippen LogP) is 0.628. The van der Waals surface area contributed by atoms with E-state index in [9.17, 15) is 14.9 Å². The van der Waals surface area contributed by atoms with E-state index >= 15 is 0 Å². The standard InChI is InChI=1S/C13H17N3O6/c1-20-8-9-7-15(5-6-22-9)12-11(16(18)19)10(3-4-14-12)13(17)21-2/h3-4,9H,5-8H2,1-2H3/t9-/m0/s1. The van der Waals surface area contributed by atoms with Crippen molar-refractivity contribution < 1.29 is 23.9 Å².